The largest absolute Gasteiger partial charge is 0.338 e. The first kappa shape index (κ1) is 28.6. The first-order valence-electron chi connectivity index (χ1n) is 12.6. The molecule has 39 heavy (non-hydrogen) atoms. The van der Waals surface area contributed by atoms with Crippen LogP contribution in [0, 0.1) is 0 Å². The van der Waals surface area contributed by atoms with E-state index in [1.165, 1.54) is 31.0 Å². The van der Waals surface area contributed by atoms with Crippen molar-refractivity contribution in [1.29, 1.82) is 0 Å². The van der Waals surface area contributed by atoms with E-state index >= 15 is 0 Å². The maximum absolute atomic E-state index is 11.5. The molecule has 10 heteroatoms. The van der Waals surface area contributed by atoms with Crippen molar-refractivity contribution in [2.45, 2.75) is 41.0 Å². The number of anilines is 1. The summed E-state index contributed by atoms with van der Waals surface area (Å²) in [6.45, 7) is 2.67. The van der Waals surface area contributed by atoms with E-state index in [-0.39, 0.29) is 5.75 Å². The van der Waals surface area contributed by atoms with Crippen LogP contribution in [0.15, 0.2) is 79.9 Å². The lowest BCUT2D eigenvalue weighted by Crippen LogP contribution is -2.36. The fraction of sp³-hybridized carbons (Fsp3) is 0.276. The Hall–Kier alpha value is -1.95. The molecule has 3 aromatic carbocycles. The molecule has 0 saturated heterocycles. The van der Waals surface area contributed by atoms with Gasteiger partial charge in [0.25, 0.3) is 15.1 Å². The molecular formula is C29H31N2O3S5+. The number of benzene rings is 3. The third kappa shape index (κ3) is 6.06. The van der Waals surface area contributed by atoms with Gasteiger partial charge in [-0.3, -0.25) is 4.55 Å². The number of thioether (sulfide) groups is 3. The smallest absolute Gasteiger partial charge is 0.265 e. The van der Waals surface area contributed by atoms with E-state index in [0.29, 0.717) is 13.0 Å². The van der Waals surface area contributed by atoms with Crippen molar-refractivity contribution in [3.05, 3.63) is 70.2 Å². The minimum Gasteiger partial charge on any atom is -0.338 e. The Bertz CT molecular complexity index is 1720. The third-order valence-corrected chi connectivity index (χ3v) is 11.5. The molecular weight excluding hydrogens is 585 g/mol. The molecule has 0 atom stereocenters. The van der Waals surface area contributed by atoms with Crippen LogP contribution in [0.2, 0.25) is 0 Å². The van der Waals surface area contributed by atoms with E-state index in [0.717, 1.165) is 32.4 Å². The van der Waals surface area contributed by atoms with Gasteiger partial charge in [-0.15, -0.1) is 23.5 Å². The third-order valence-electron chi connectivity index (χ3n) is 6.80. The molecule has 4 aromatic rings. The lowest BCUT2D eigenvalue weighted by Gasteiger charge is -2.15. The summed E-state index contributed by atoms with van der Waals surface area (Å²) in [7, 11) is -1.89. The Morgan fingerprint density at radius 3 is 2.56 bits per heavy atom. The van der Waals surface area contributed by atoms with Gasteiger partial charge in [-0.2, -0.15) is 13.0 Å². The molecule has 0 amide bonds. The van der Waals surface area contributed by atoms with E-state index in [9.17, 15) is 13.0 Å². The fourth-order valence-electron chi connectivity index (χ4n) is 4.79. The highest BCUT2D eigenvalue weighted by Crippen LogP contribution is 2.49. The number of nitrogens with zero attached hydrogens (tertiary/aromatic N) is 2. The summed E-state index contributed by atoms with van der Waals surface area (Å²) in [6, 6.07) is 17.2. The van der Waals surface area contributed by atoms with Gasteiger partial charge < -0.3 is 4.90 Å². The normalized spacial score (nSPS) is 15.2. The molecule has 1 aliphatic rings. The van der Waals surface area contributed by atoms with Crippen LogP contribution in [0.5, 0.6) is 0 Å². The highest BCUT2D eigenvalue weighted by molar-refractivity contribution is 8.04. The minimum absolute atomic E-state index is 0.258. The van der Waals surface area contributed by atoms with E-state index in [1.54, 1.807) is 46.6 Å². The molecule has 1 aliphatic heterocycles. The highest BCUT2D eigenvalue weighted by Gasteiger charge is 2.26. The van der Waals surface area contributed by atoms with Crippen LogP contribution in [0.25, 0.3) is 27.1 Å². The monoisotopic (exact) mass is 615 g/mol. The lowest BCUT2D eigenvalue weighted by molar-refractivity contribution is -0.667. The fourth-order valence-corrected chi connectivity index (χ4v) is 9.17. The van der Waals surface area contributed by atoms with E-state index in [1.807, 2.05) is 12.1 Å². The highest BCUT2D eigenvalue weighted by atomic mass is 32.2. The summed E-state index contributed by atoms with van der Waals surface area (Å²) in [5.74, 6) is -0.258. The quantitative estimate of drug-likeness (QED) is 0.117. The second-order valence-corrected chi connectivity index (χ2v) is 14.6. The summed E-state index contributed by atoms with van der Waals surface area (Å²) >= 11 is 7.08. The van der Waals surface area contributed by atoms with Gasteiger partial charge in [0.15, 0.2) is 6.54 Å². The average Bonchev–Trinajstić information content (AvgIpc) is 3.42. The maximum atomic E-state index is 11.5. The lowest BCUT2D eigenvalue weighted by atomic mass is 10.1. The van der Waals surface area contributed by atoms with Crippen LogP contribution < -0.4 is 9.47 Å². The standard InChI is InChI=1S/C29H30N2O3S5/c1-5-19(15-27-30(2)22-17-25(35-3)26(36-4)18-24(22)38-27)16-28-31(13-8-14-39(32,33)34)29-21-10-7-6-9-20(21)11-12-23(29)37-28/h6-7,9-12,15-18H,5,8,13-14H2,1-4H3/p+1. The van der Waals surface area contributed by atoms with Crippen molar-refractivity contribution in [1.82, 2.24) is 0 Å². The first-order chi connectivity index (χ1) is 18.7. The Balaban J connectivity index is 1.57. The molecule has 0 fully saturated rings. The zero-order valence-corrected chi connectivity index (χ0v) is 26.4. The van der Waals surface area contributed by atoms with Gasteiger partial charge >= 0.3 is 0 Å². The van der Waals surface area contributed by atoms with Crippen LogP contribution in [-0.2, 0) is 16.7 Å². The van der Waals surface area contributed by atoms with Gasteiger partial charge in [0, 0.05) is 34.2 Å². The molecule has 0 saturated carbocycles. The molecule has 0 radical (unpaired) electrons. The molecule has 204 valence electrons. The summed E-state index contributed by atoms with van der Waals surface area (Å²) in [4.78, 5) is 6.14. The predicted molar refractivity (Wildman–Crippen MR) is 171 cm³/mol. The summed E-state index contributed by atoms with van der Waals surface area (Å²) in [6.07, 6.45) is 9.95. The van der Waals surface area contributed by atoms with Gasteiger partial charge in [0.2, 0.25) is 5.52 Å². The number of fused-ring (bicyclic) bond motifs is 4. The number of allylic oxidation sites excluding steroid dienone is 2. The summed E-state index contributed by atoms with van der Waals surface area (Å²) in [5.41, 5.74) is 3.54. The molecule has 0 bridgehead atoms. The Labute approximate surface area is 247 Å². The van der Waals surface area contributed by atoms with Gasteiger partial charge in [-0.25, -0.2) is 0 Å². The number of aryl methyl sites for hydroxylation is 1. The molecule has 5 rings (SSSR count). The molecule has 0 spiro atoms. The van der Waals surface area contributed by atoms with E-state index in [4.69, 9.17) is 0 Å². The predicted octanol–water partition coefficient (Wildman–Crippen LogP) is 7.94. The van der Waals surface area contributed by atoms with Gasteiger partial charge in [0.05, 0.1) is 21.9 Å². The van der Waals surface area contributed by atoms with Crippen molar-refractivity contribution in [3.63, 3.8) is 0 Å². The van der Waals surface area contributed by atoms with Crippen LogP contribution in [0.4, 0.5) is 5.69 Å². The van der Waals surface area contributed by atoms with Crippen LogP contribution in [0.1, 0.15) is 24.8 Å². The van der Waals surface area contributed by atoms with E-state index in [2.05, 4.69) is 84.5 Å². The van der Waals surface area contributed by atoms with Crippen molar-refractivity contribution in [2.24, 2.45) is 0 Å². The Kier molecular flexibility index (Phi) is 8.71. The maximum Gasteiger partial charge on any atom is 0.265 e. The second-order valence-electron chi connectivity index (χ2n) is 9.26. The Morgan fingerprint density at radius 2 is 1.85 bits per heavy atom. The number of hydrogen-bond acceptors (Lipinski definition) is 7. The second kappa shape index (κ2) is 11.9. The first-order valence-corrected chi connectivity index (χ1v) is 18.3. The molecule has 1 N–H and O–H groups in total. The molecule has 0 aliphatic carbocycles. The number of hydrogen-bond donors (Lipinski definition) is 1. The molecule has 2 heterocycles. The van der Waals surface area contributed by atoms with Gasteiger partial charge in [-0.05, 0) is 60.2 Å². The molecule has 1 aromatic heterocycles. The zero-order valence-electron chi connectivity index (χ0n) is 22.3. The van der Waals surface area contributed by atoms with Crippen molar-refractivity contribution in [2.75, 3.05) is 30.2 Å². The average molecular weight is 616 g/mol. The van der Waals surface area contributed by atoms with Crippen molar-refractivity contribution >= 4 is 89.5 Å². The number of rotatable bonds is 9. The SMILES string of the molecule is CCC(=C/c1sc2ccc3ccccc3c2[n+]1CCCS(=O)(=O)O)/C=C1/Sc2cc(SC)c(SC)cc2N1C. The Morgan fingerprint density at radius 1 is 1.10 bits per heavy atom. The minimum atomic E-state index is -4.02. The van der Waals surface area contributed by atoms with E-state index < -0.39 is 10.1 Å². The van der Waals surface area contributed by atoms with Crippen LogP contribution in [0.3, 0.4) is 0 Å². The zero-order chi connectivity index (χ0) is 27.7. The molecule has 5 nitrogen and oxygen atoms in total. The number of thiazole rings is 1. The summed E-state index contributed by atoms with van der Waals surface area (Å²) in [5, 5.41) is 4.55. The van der Waals surface area contributed by atoms with Crippen LogP contribution in [-0.4, -0.2) is 38.3 Å². The van der Waals surface area contributed by atoms with Crippen LogP contribution >= 0.6 is 46.6 Å². The van der Waals surface area contributed by atoms with Gasteiger partial charge in [-0.1, -0.05) is 54.3 Å². The van der Waals surface area contributed by atoms with Crippen molar-refractivity contribution in [3.8, 4) is 0 Å². The number of aromatic nitrogens is 1. The van der Waals surface area contributed by atoms with Crippen molar-refractivity contribution < 1.29 is 17.5 Å². The summed E-state index contributed by atoms with van der Waals surface area (Å²) < 4.78 is 35.6. The molecule has 0 unspecified atom stereocenters. The van der Waals surface area contributed by atoms with Gasteiger partial charge in [0.1, 0.15) is 4.70 Å². The topological polar surface area (TPSA) is 61.5 Å².